The molecule has 0 saturated carbocycles. The molecule has 0 radical (unpaired) electrons. The second-order valence-corrected chi connectivity index (χ2v) is 4.87. The van der Waals surface area contributed by atoms with Gasteiger partial charge in [0.25, 0.3) is 0 Å². The Morgan fingerprint density at radius 2 is 1.57 bits per heavy atom. The first kappa shape index (κ1) is 17.4. The van der Waals surface area contributed by atoms with E-state index in [1.54, 1.807) is 0 Å². The van der Waals surface area contributed by atoms with Crippen molar-refractivity contribution >= 4 is 0 Å². The average Bonchev–Trinajstić information content (AvgIpc) is 2.56. The highest BCUT2D eigenvalue weighted by molar-refractivity contribution is 5.21. The number of benzene rings is 2. The molecular formula is C19H27NO. The van der Waals surface area contributed by atoms with Crippen LogP contribution in [0.3, 0.4) is 0 Å². The summed E-state index contributed by atoms with van der Waals surface area (Å²) in [6.07, 6.45) is 0.557. The van der Waals surface area contributed by atoms with E-state index in [2.05, 4.69) is 36.5 Å². The van der Waals surface area contributed by atoms with E-state index >= 15 is 0 Å². The standard InChI is InChI=1S/C17H21NO.C2H6/c1-14-7-9-15(10-8-14)11-12-18-13-17(19)16-5-3-2-4-6-16;1-2/h2-10,17-19H,11-13H2,1H3;1-2H3. The Kier molecular flexibility index (Phi) is 8.41. The molecule has 0 amide bonds. The minimum atomic E-state index is -0.431. The lowest BCUT2D eigenvalue weighted by molar-refractivity contribution is 0.175. The molecule has 0 aliphatic carbocycles. The quantitative estimate of drug-likeness (QED) is 0.789. The Hall–Kier alpha value is -1.64. The van der Waals surface area contributed by atoms with Crippen LogP contribution < -0.4 is 5.32 Å². The Balaban J connectivity index is 0.00000106. The van der Waals surface area contributed by atoms with Gasteiger partial charge in [-0.1, -0.05) is 74.0 Å². The molecule has 2 heteroatoms. The first-order valence-electron chi connectivity index (χ1n) is 7.75. The van der Waals surface area contributed by atoms with Crippen LogP contribution in [0.15, 0.2) is 54.6 Å². The first-order valence-corrected chi connectivity index (χ1v) is 7.75. The molecule has 2 nitrogen and oxygen atoms in total. The van der Waals surface area contributed by atoms with E-state index in [1.165, 1.54) is 11.1 Å². The van der Waals surface area contributed by atoms with Gasteiger partial charge in [0.15, 0.2) is 0 Å². The average molecular weight is 285 g/mol. The van der Waals surface area contributed by atoms with Crippen LogP contribution in [0.4, 0.5) is 0 Å². The Morgan fingerprint density at radius 1 is 0.952 bits per heavy atom. The summed E-state index contributed by atoms with van der Waals surface area (Å²) in [5, 5.41) is 13.3. The summed E-state index contributed by atoms with van der Waals surface area (Å²) in [4.78, 5) is 0. The maximum Gasteiger partial charge on any atom is 0.0914 e. The summed E-state index contributed by atoms with van der Waals surface area (Å²) in [6.45, 7) is 7.57. The molecule has 0 aromatic heterocycles. The van der Waals surface area contributed by atoms with Crippen molar-refractivity contribution in [2.45, 2.75) is 33.3 Å². The van der Waals surface area contributed by atoms with Crippen molar-refractivity contribution in [3.8, 4) is 0 Å². The van der Waals surface area contributed by atoms with Crippen molar-refractivity contribution in [3.05, 3.63) is 71.3 Å². The monoisotopic (exact) mass is 285 g/mol. The number of aliphatic hydroxyl groups is 1. The van der Waals surface area contributed by atoms with Crippen molar-refractivity contribution in [2.75, 3.05) is 13.1 Å². The van der Waals surface area contributed by atoms with E-state index in [1.807, 2.05) is 44.2 Å². The number of hydrogen-bond donors (Lipinski definition) is 2. The SMILES string of the molecule is CC.Cc1ccc(CCNCC(O)c2ccccc2)cc1. The summed E-state index contributed by atoms with van der Waals surface area (Å²) in [7, 11) is 0. The highest BCUT2D eigenvalue weighted by atomic mass is 16.3. The van der Waals surface area contributed by atoms with Gasteiger partial charge in [0.2, 0.25) is 0 Å². The zero-order valence-corrected chi connectivity index (χ0v) is 13.3. The van der Waals surface area contributed by atoms with Gasteiger partial charge >= 0.3 is 0 Å². The van der Waals surface area contributed by atoms with Gasteiger partial charge in [-0.3, -0.25) is 0 Å². The van der Waals surface area contributed by atoms with Gasteiger partial charge in [-0.2, -0.15) is 0 Å². The van der Waals surface area contributed by atoms with Gasteiger partial charge in [-0.25, -0.2) is 0 Å². The third-order valence-electron chi connectivity index (χ3n) is 3.23. The maximum atomic E-state index is 9.99. The molecule has 2 aromatic rings. The minimum Gasteiger partial charge on any atom is -0.387 e. The van der Waals surface area contributed by atoms with Gasteiger partial charge in [0.05, 0.1) is 6.10 Å². The van der Waals surface area contributed by atoms with Crippen molar-refractivity contribution in [1.29, 1.82) is 0 Å². The van der Waals surface area contributed by atoms with Crippen molar-refractivity contribution in [3.63, 3.8) is 0 Å². The van der Waals surface area contributed by atoms with Crippen molar-refractivity contribution in [2.24, 2.45) is 0 Å². The molecule has 0 heterocycles. The van der Waals surface area contributed by atoms with Crippen LogP contribution in [-0.4, -0.2) is 18.2 Å². The van der Waals surface area contributed by atoms with Gasteiger partial charge in [-0.15, -0.1) is 0 Å². The molecule has 114 valence electrons. The summed E-state index contributed by atoms with van der Waals surface area (Å²) in [5.41, 5.74) is 3.58. The van der Waals surface area contributed by atoms with Gasteiger partial charge in [-0.05, 0) is 31.0 Å². The number of aryl methyl sites for hydroxylation is 1. The minimum absolute atomic E-state index is 0.431. The molecule has 0 fully saturated rings. The second-order valence-electron chi connectivity index (χ2n) is 4.87. The smallest absolute Gasteiger partial charge is 0.0914 e. The fraction of sp³-hybridized carbons (Fsp3) is 0.368. The molecule has 1 atom stereocenters. The van der Waals surface area contributed by atoms with E-state index in [9.17, 15) is 5.11 Å². The Morgan fingerprint density at radius 3 is 2.19 bits per heavy atom. The summed E-state index contributed by atoms with van der Waals surface area (Å²) in [5.74, 6) is 0. The fourth-order valence-corrected chi connectivity index (χ4v) is 2.02. The molecular weight excluding hydrogens is 258 g/mol. The summed E-state index contributed by atoms with van der Waals surface area (Å²) in [6, 6.07) is 18.3. The van der Waals surface area contributed by atoms with Crippen molar-refractivity contribution < 1.29 is 5.11 Å². The second kappa shape index (κ2) is 10.1. The lowest BCUT2D eigenvalue weighted by Gasteiger charge is -2.12. The molecule has 0 bridgehead atoms. The topological polar surface area (TPSA) is 32.3 Å². The van der Waals surface area contributed by atoms with E-state index in [0.717, 1.165) is 18.5 Å². The van der Waals surface area contributed by atoms with Crippen LogP contribution in [0.1, 0.15) is 36.6 Å². The molecule has 2 N–H and O–H groups in total. The first-order chi connectivity index (χ1) is 10.3. The van der Waals surface area contributed by atoms with Crippen LogP contribution >= 0.6 is 0 Å². The Bertz CT molecular complexity index is 479. The third kappa shape index (κ3) is 6.56. The van der Waals surface area contributed by atoms with Crippen LogP contribution in [0.2, 0.25) is 0 Å². The molecule has 2 rings (SSSR count). The molecule has 1 unspecified atom stereocenters. The number of nitrogens with one attached hydrogen (secondary N) is 1. The number of aliphatic hydroxyl groups excluding tert-OH is 1. The molecule has 21 heavy (non-hydrogen) atoms. The molecule has 0 spiro atoms. The normalized spacial score (nSPS) is 11.4. The third-order valence-corrected chi connectivity index (χ3v) is 3.23. The number of rotatable bonds is 6. The lowest BCUT2D eigenvalue weighted by Crippen LogP contribution is -2.23. The van der Waals surface area contributed by atoms with Crippen LogP contribution in [0, 0.1) is 6.92 Å². The summed E-state index contributed by atoms with van der Waals surface area (Å²) < 4.78 is 0. The highest BCUT2D eigenvalue weighted by Crippen LogP contribution is 2.10. The van der Waals surface area contributed by atoms with E-state index in [-0.39, 0.29) is 0 Å². The van der Waals surface area contributed by atoms with Crippen LogP contribution in [-0.2, 0) is 6.42 Å². The van der Waals surface area contributed by atoms with E-state index in [0.29, 0.717) is 6.54 Å². The highest BCUT2D eigenvalue weighted by Gasteiger charge is 2.05. The van der Waals surface area contributed by atoms with Crippen LogP contribution in [0.5, 0.6) is 0 Å². The molecule has 0 aliphatic rings. The maximum absolute atomic E-state index is 9.99. The van der Waals surface area contributed by atoms with Crippen molar-refractivity contribution in [1.82, 2.24) is 5.32 Å². The zero-order chi connectivity index (χ0) is 15.5. The lowest BCUT2D eigenvalue weighted by atomic mass is 10.1. The van der Waals surface area contributed by atoms with Gasteiger partial charge in [0, 0.05) is 6.54 Å². The molecule has 0 saturated heterocycles. The summed E-state index contributed by atoms with van der Waals surface area (Å²) >= 11 is 0. The van der Waals surface area contributed by atoms with Crippen LogP contribution in [0.25, 0.3) is 0 Å². The fourth-order valence-electron chi connectivity index (χ4n) is 2.02. The van der Waals surface area contributed by atoms with Gasteiger partial charge in [0.1, 0.15) is 0 Å². The van der Waals surface area contributed by atoms with E-state index in [4.69, 9.17) is 0 Å². The molecule has 2 aromatic carbocycles. The van der Waals surface area contributed by atoms with E-state index < -0.39 is 6.10 Å². The Labute approximate surface area is 128 Å². The molecule has 0 aliphatic heterocycles. The largest absolute Gasteiger partial charge is 0.387 e. The predicted molar refractivity (Wildman–Crippen MR) is 90.5 cm³/mol. The van der Waals surface area contributed by atoms with Gasteiger partial charge < -0.3 is 10.4 Å². The number of hydrogen-bond acceptors (Lipinski definition) is 2. The zero-order valence-electron chi connectivity index (χ0n) is 13.3. The predicted octanol–water partition coefficient (Wildman–Crippen LogP) is 3.89.